The lowest BCUT2D eigenvalue weighted by Gasteiger charge is -2.24. The van der Waals surface area contributed by atoms with Crippen molar-refractivity contribution in [1.29, 1.82) is 0 Å². The van der Waals surface area contributed by atoms with Crippen LogP contribution < -0.4 is 10.6 Å². The summed E-state index contributed by atoms with van der Waals surface area (Å²) in [7, 11) is 0. The maximum absolute atomic E-state index is 14.2. The lowest BCUT2D eigenvalue weighted by Crippen LogP contribution is -2.27. The van der Waals surface area contributed by atoms with Crippen molar-refractivity contribution in [2.75, 3.05) is 30.3 Å². The third-order valence-electron chi connectivity index (χ3n) is 3.62. The number of nitrogens with zero attached hydrogens (tertiary/aromatic N) is 1. The van der Waals surface area contributed by atoms with E-state index in [0.717, 1.165) is 42.9 Å². The summed E-state index contributed by atoms with van der Waals surface area (Å²) in [6.45, 7) is 6.94. The molecule has 0 atom stereocenters. The maximum Gasteiger partial charge on any atom is 0.146 e. The number of hydrogen-bond donors (Lipinski definition) is 1. The lowest BCUT2D eigenvalue weighted by atomic mass is 10.1. The first-order valence-electron chi connectivity index (χ1n) is 6.89. The van der Waals surface area contributed by atoms with Crippen LogP contribution in [0.15, 0.2) is 18.2 Å². The van der Waals surface area contributed by atoms with E-state index in [0.29, 0.717) is 11.3 Å². The van der Waals surface area contributed by atoms with Crippen LogP contribution in [0.1, 0.15) is 25.8 Å². The zero-order chi connectivity index (χ0) is 13.9. The minimum Gasteiger partial charge on any atom is -0.368 e. The van der Waals surface area contributed by atoms with Crippen molar-refractivity contribution in [2.45, 2.75) is 31.4 Å². The first-order chi connectivity index (χ1) is 9.02. The monoisotopic (exact) mass is 282 g/mol. The predicted molar refractivity (Wildman–Crippen MR) is 82.5 cm³/mol. The molecule has 1 aromatic carbocycles. The van der Waals surface area contributed by atoms with Gasteiger partial charge in [0.1, 0.15) is 5.82 Å². The highest BCUT2D eigenvalue weighted by molar-refractivity contribution is 8.00. The zero-order valence-corrected chi connectivity index (χ0v) is 12.6. The van der Waals surface area contributed by atoms with Crippen molar-refractivity contribution in [1.82, 2.24) is 0 Å². The molecule has 1 aromatic rings. The molecule has 0 unspecified atom stereocenters. The smallest absolute Gasteiger partial charge is 0.146 e. The molecule has 0 radical (unpaired) electrons. The van der Waals surface area contributed by atoms with Gasteiger partial charge in [-0.2, -0.15) is 11.8 Å². The average Bonchev–Trinajstić information content (AvgIpc) is 2.51. The Balaban J connectivity index is 2.13. The van der Waals surface area contributed by atoms with Crippen LogP contribution in [0.3, 0.4) is 0 Å². The molecular formula is C15H23FN2S. The normalized spacial score (nSPS) is 19.3. The van der Waals surface area contributed by atoms with Crippen molar-refractivity contribution < 1.29 is 4.39 Å². The van der Waals surface area contributed by atoms with Crippen LogP contribution in [-0.4, -0.2) is 30.1 Å². The summed E-state index contributed by atoms with van der Waals surface area (Å²) in [4.78, 5) is 2.17. The van der Waals surface area contributed by atoms with E-state index < -0.39 is 0 Å². The molecule has 0 aromatic heterocycles. The minimum atomic E-state index is -0.115. The molecule has 4 heteroatoms. The molecule has 106 valence electrons. The third kappa shape index (κ3) is 3.86. The van der Waals surface area contributed by atoms with Gasteiger partial charge in [-0.3, -0.25) is 0 Å². The van der Waals surface area contributed by atoms with Gasteiger partial charge >= 0.3 is 0 Å². The molecule has 0 aliphatic carbocycles. The SMILES string of the molecule is CC1(C)CCN(c2ccc(CCN)cc2F)CCS1. The van der Waals surface area contributed by atoms with E-state index >= 15 is 0 Å². The van der Waals surface area contributed by atoms with Gasteiger partial charge in [0.15, 0.2) is 0 Å². The van der Waals surface area contributed by atoms with E-state index in [1.165, 1.54) is 0 Å². The Morgan fingerprint density at radius 2 is 2.16 bits per heavy atom. The van der Waals surface area contributed by atoms with Gasteiger partial charge in [0.2, 0.25) is 0 Å². The van der Waals surface area contributed by atoms with Crippen LogP contribution in [0.2, 0.25) is 0 Å². The Labute approximate surface area is 119 Å². The van der Waals surface area contributed by atoms with Gasteiger partial charge < -0.3 is 10.6 Å². The molecule has 1 aliphatic heterocycles. The van der Waals surface area contributed by atoms with Gasteiger partial charge in [0.05, 0.1) is 5.69 Å². The molecule has 0 spiro atoms. The second kappa shape index (κ2) is 6.14. The molecular weight excluding hydrogens is 259 g/mol. The van der Waals surface area contributed by atoms with E-state index in [1.807, 2.05) is 23.9 Å². The molecule has 0 amide bonds. The maximum atomic E-state index is 14.2. The standard InChI is InChI=1S/C15H23FN2S/c1-15(2)6-8-18(9-10-19-15)14-4-3-12(5-7-17)11-13(14)16/h3-4,11H,5-10,17H2,1-2H3. The van der Waals surface area contributed by atoms with Crippen LogP contribution in [0.5, 0.6) is 0 Å². The van der Waals surface area contributed by atoms with Crippen molar-refractivity contribution in [3.05, 3.63) is 29.6 Å². The second-order valence-corrected chi connectivity index (χ2v) is 7.47. The largest absolute Gasteiger partial charge is 0.368 e. The molecule has 2 N–H and O–H groups in total. The summed E-state index contributed by atoms with van der Waals surface area (Å²) in [5.41, 5.74) is 7.22. The van der Waals surface area contributed by atoms with Gasteiger partial charge in [-0.15, -0.1) is 0 Å². The first-order valence-corrected chi connectivity index (χ1v) is 7.88. The van der Waals surface area contributed by atoms with Crippen LogP contribution in [-0.2, 0) is 6.42 Å². The fourth-order valence-electron chi connectivity index (χ4n) is 2.39. The molecule has 2 nitrogen and oxygen atoms in total. The number of hydrogen-bond acceptors (Lipinski definition) is 3. The number of nitrogens with two attached hydrogens (primary N) is 1. The van der Waals surface area contributed by atoms with E-state index in [2.05, 4.69) is 18.7 Å². The van der Waals surface area contributed by atoms with E-state index in [9.17, 15) is 4.39 Å². The number of thioether (sulfide) groups is 1. The van der Waals surface area contributed by atoms with Gasteiger partial charge in [-0.25, -0.2) is 4.39 Å². The van der Waals surface area contributed by atoms with Crippen LogP contribution in [0.4, 0.5) is 10.1 Å². The van der Waals surface area contributed by atoms with E-state index in [-0.39, 0.29) is 5.82 Å². The Morgan fingerprint density at radius 3 is 2.84 bits per heavy atom. The number of halogens is 1. The number of benzene rings is 1. The van der Waals surface area contributed by atoms with Crippen molar-refractivity contribution >= 4 is 17.4 Å². The summed E-state index contributed by atoms with van der Waals surface area (Å²) in [6.07, 6.45) is 1.82. The Morgan fingerprint density at radius 1 is 1.37 bits per heavy atom. The summed E-state index contributed by atoms with van der Waals surface area (Å²) in [5.74, 6) is 0.937. The topological polar surface area (TPSA) is 29.3 Å². The van der Waals surface area contributed by atoms with Crippen LogP contribution in [0.25, 0.3) is 0 Å². The summed E-state index contributed by atoms with van der Waals surface area (Å²) < 4.78 is 14.5. The van der Waals surface area contributed by atoms with Crippen molar-refractivity contribution in [3.8, 4) is 0 Å². The predicted octanol–water partition coefficient (Wildman–Crippen LogP) is 3.05. The highest BCUT2D eigenvalue weighted by Gasteiger charge is 2.24. The van der Waals surface area contributed by atoms with Gasteiger partial charge in [0, 0.05) is 23.6 Å². The quantitative estimate of drug-likeness (QED) is 0.924. The molecule has 1 saturated heterocycles. The third-order valence-corrected chi connectivity index (χ3v) is 5.00. The number of rotatable bonds is 3. The fourth-order valence-corrected chi connectivity index (χ4v) is 3.49. The highest BCUT2D eigenvalue weighted by atomic mass is 32.2. The molecule has 1 heterocycles. The Hall–Kier alpha value is -0.740. The van der Waals surface area contributed by atoms with Crippen molar-refractivity contribution in [3.63, 3.8) is 0 Å². The molecule has 1 aliphatic rings. The van der Waals surface area contributed by atoms with Gasteiger partial charge in [-0.05, 0) is 37.1 Å². The average molecular weight is 282 g/mol. The van der Waals surface area contributed by atoms with E-state index in [1.54, 1.807) is 6.07 Å². The lowest BCUT2D eigenvalue weighted by molar-refractivity contribution is 0.601. The van der Waals surface area contributed by atoms with Crippen molar-refractivity contribution in [2.24, 2.45) is 5.73 Å². The molecule has 19 heavy (non-hydrogen) atoms. The van der Waals surface area contributed by atoms with Crippen LogP contribution >= 0.6 is 11.8 Å². The van der Waals surface area contributed by atoms with Gasteiger partial charge in [-0.1, -0.05) is 19.9 Å². The summed E-state index contributed by atoms with van der Waals surface area (Å²) in [6, 6.07) is 5.53. The van der Waals surface area contributed by atoms with Crippen LogP contribution in [0, 0.1) is 5.82 Å². The second-order valence-electron chi connectivity index (χ2n) is 5.67. The molecule has 1 fully saturated rings. The zero-order valence-electron chi connectivity index (χ0n) is 11.8. The molecule has 2 rings (SSSR count). The highest BCUT2D eigenvalue weighted by Crippen LogP contribution is 2.33. The Kier molecular flexibility index (Phi) is 4.74. The molecule has 0 saturated carbocycles. The van der Waals surface area contributed by atoms with Gasteiger partial charge in [0.25, 0.3) is 0 Å². The molecule has 0 bridgehead atoms. The number of anilines is 1. The fraction of sp³-hybridized carbons (Fsp3) is 0.600. The first kappa shape index (κ1) is 14.7. The summed E-state index contributed by atoms with van der Waals surface area (Å²) >= 11 is 1.98. The summed E-state index contributed by atoms with van der Waals surface area (Å²) in [5, 5.41) is 0. The minimum absolute atomic E-state index is 0.115. The Bertz CT molecular complexity index is 434. The van der Waals surface area contributed by atoms with E-state index in [4.69, 9.17) is 5.73 Å².